The maximum Gasteiger partial charge on any atom is 0.277 e. The van der Waals surface area contributed by atoms with Crippen molar-refractivity contribution in [3.63, 3.8) is 0 Å². The summed E-state index contributed by atoms with van der Waals surface area (Å²) in [5.74, 6) is 0.188. The zero-order chi connectivity index (χ0) is 21.1. The molecular formula is C23H19BrClN3O2. The zero-order valence-electron chi connectivity index (χ0n) is 16.2. The van der Waals surface area contributed by atoms with E-state index in [0.29, 0.717) is 15.2 Å². The Hall–Kier alpha value is -2.83. The summed E-state index contributed by atoms with van der Waals surface area (Å²) in [6.07, 6.45) is 1.63. The van der Waals surface area contributed by atoms with Crippen LogP contribution in [0.2, 0.25) is 5.02 Å². The summed E-state index contributed by atoms with van der Waals surface area (Å²) < 4.78 is 8.46. The van der Waals surface area contributed by atoms with Gasteiger partial charge in [-0.2, -0.15) is 5.10 Å². The van der Waals surface area contributed by atoms with Crippen LogP contribution in [0.5, 0.6) is 5.75 Å². The Morgan fingerprint density at radius 2 is 1.93 bits per heavy atom. The molecule has 30 heavy (non-hydrogen) atoms. The Morgan fingerprint density at radius 3 is 2.73 bits per heavy atom. The molecule has 1 N–H and O–H groups in total. The van der Waals surface area contributed by atoms with E-state index in [1.165, 1.54) is 21.8 Å². The number of hydrogen-bond acceptors (Lipinski definition) is 3. The van der Waals surface area contributed by atoms with Crippen LogP contribution >= 0.6 is 27.5 Å². The summed E-state index contributed by atoms with van der Waals surface area (Å²) in [5, 5.41) is 7.02. The van der Waals surface area contributed by atoms with Gasteiger partial charge in [-0.05, 0) is 64.8 Å². The zero-order valence-corrected chi connectivity index (χ0v) is 18.6. The molecule has 1 heterocycles. The lowest BCUT2D eigenvalue weighted by atomic mass is 10.1. The fourth-order valence-electron chi connectivity index (χ4n) is 3.44. The molecule has 0 fully saturated rings. The molecule has 0 unspecified atom stereocenters. The molecule has 0 bridgehead atoms. The van der Waals surface area contributed by atoms with Crippen molar-refractivity contribution in [3.8, 4) is 5.75 Å². The number of hydrazone groups is 1. The van der Waals surface area contributed by atoms with Gasteiger partial charge in [0.05, 0.1) is 10.7 Å². The molecule has 0 aliphatic heterocycles. The third-order valence-electron chi connectivity index (χ3n) is 4.77. The molecule has 0 saturated heterocycles. The number of ether oxygens (including phenoxy) is 1. The molecule has 4 rings (SSSR count). The van der Waals surface area contributed by atoms with Crippen LogP contribution in [0.1, 0.15) is 12.5 Å². The second-order valence-corrected chi connectivity index (χ2v) is 7.99. The van der Waals surface area contributed by atoms with Crippen molar-refractivity contribution in [1.82, 2.24) is 9.99 Å². The van der Waals surface area contributed by atoms with Crippen LogP contribution in [-0.4, -0.2) is 23.3 Å². The Morgan fingerprint density at radius 1 is 1.13 bits per heavy atom. The summed E-state index contributed by atoms with van der Waals surface area (Å²) in [6, 6.07) is 19.6. The van der Waals surface area contributed by atoms with E-state index in [1.807, 2.05) is 12.1 Å². The molecular weight excluding hydrogens is 466 g/mol. The van der Waals surface area contributed by atoms with Gasteiger partial charge in [-0.15, -0.1) is 0 Å². The predicted molar refractivity (Wildman–Crippen MR) is 126 cm³/mol. The number of nitrogens with one attached hydrogen (secondary N) is 1. The van der Waals surface area contributed by atoms with Gasteiger partial charge in [0.1, 0.15) is 5.75 Å². The third kappa shape index (κ3) is 4.20. The van der Waals surface area contributed by atoms with Gasteiger partial charge in [0.2, 0.25) is 0 Å². The van der Waals surface area contributed by atoms with E-state index in [-0.39, 0.29) is 12.5 Å². The number of halogens is 2. The lowest BCUT2D eigenvalue weighted by Gasteiger charge is -2.07. The summed E-state index contributed by atoms with van der Waals surface area (Å²) in [7, 11) is 0. The van der Waals surface area contributed by atoms with Crippen molar-refractivity contribution in [1.29, 1.82) is 0 Å². The van der Waals surface area contributed by atoms with E-state index in [2.05, 4.69) is 68.3 Å². The second-order valence-electron chi connectivity index (χ2n) is 6.69. The highest BCUT2D eigenvalue weighted by molar-refractivity contribution is 9.10. The number of aryl methyl sites for hydroxylation is 1. The number of nitrogens with zero attached hydrogens (tertiary/aromatic N) is 2. The first kappa shape index (κ1) is 20.4. The highest BCUT2D eigenvalue weighted by Gasteiger charge is 2.09. The van der Waals surface area contributed by atoms with Gasteiger partial charge in [0.25, 0.3) is 5.91 Å². The SMILES string of the molecule is CCn1c2ccccc2c2cc(C=NNC(=O)COc3ccc(Cl)cc3Br)ccc21. The minimum absolute atomic E-state index is 0.152. The van der Waals surface area contributed by atoms with Crippen molar-refractivity contribution >= 4 is 61.5 Å². The highest BCUT2D eigenvalue weighted by Crippen LogP contribution is 2.29. The van der Waals surface area contributed by atoms with E-state index in [9.17, 15) is 4.79 Å². The number of hydrogen-bond donors (Lipinski definition) is 1. The largest absolute Gasteiger partial charge is 0.483 e. The van der Waals surface area contributed by atoms with E-state index < -0.39 is 0 Å². The van der Waals surface area contributed by atoms with E-state index in [4.69, 9.17) is 16.3 Å². The number of carbonyl (C=O) groups excluding carboxylic acids is 1. The van der Waals surface area contributed by atoms with E-state index in [0.717, 1.165) is 12.1 Å². The average Bonchev–Trinajstić information content (AvgIpc) is 3.06. The Balaban J connectivity index is 1.45. The van der Waals surface area contributed by atoms with Crippen molar-refractivity contribution in [2.75, 3.05) is 6.61 Å². The van der Waals surface area contributed by atoms with Gasteiger partial charge in [0, 0.05) is 33.4 Å². The van der Waals surface area contributed by atoms with Crippen LogP contribution in [0.15, 0.2) is 70.2 Å². The Labute approximate surface area is 187 Å². The molecule has 0 atom stereocenters. The average molecular weight is 485 g/mol. The lowest BCUT2D eigenvalue weighted by molar-refractivity contribution is -0.123. The van der Waals surface area contributed by atoms with Crippen LogP contribution in [0, 0.1) is 0 Å². The molecule has 0 aliphatic carbocycles. The summed E-state index contributed by atoms with van der Waals surface area (Å²) in [6.45, 7) is 2.89. The van der Waals surface area contributed by atoms with Crippen molar-refractivity contribution in [2.45, 2.75) is 13.5 Å². The molecule has 0 saturated carbocycles. The quantitative estimate of drug-likeness (QED) is 0.279. The molecule has 3 aromatic carbocycles. The molecule has 0 radical (unpaired) electrons. The number of amides is 1. The fraction of sp³-hybridized carbons (Fsp3) is 0.130. The number of rotatable bonds is 6. The normalized spacial score (nSPS) is 11.4. The van der Waals surface area contributed by atoms with Crippen LogP contribution in [-0.2, 0) is 11.3 Å². The van der Waals surface area contributed by atoms with Crippen molar-refractivity contribution in [3.05, 3.63) is 75.7 Å². The topological polar surface area (TPSA) is 55.6 Å². The maximum absolute atomic E-state index is 12.0. The number of carbonyl (C=O) groups is 1. The molecule has 4 aromatic rings. The molecule has 0 aliphatic rings. The van der Waals surface area contributed by atoms with Crippen LogP contribution in [0.4, 0.5) is 0 Å². The van der Waals surface area contributed by atoms with Gasteiger partial charge in [-0.3, -0.25) is 4.79 Å². The van der Waals surface area contributed by atoms with Crippen molar-refractivity contribution in [2.24, 2.45) is 5.10 Å². The first-order chi connectivity index (χ1) is 14.6. The molecule has 152 valence electrons. The number of fused-ring (bicyclic) bond motifs is 3. The number of para-hydroxylation sites is 1. The fourth-order valence-corrected chi connectivity index (χ4v) is 4.24. The lowest BCUT2D eigenvalue weighted by Crippen LogP contribution is -2.24. The minimum atomic E-state index is -0.350. The molecule has 5 nitrogen and oxygen atoms in total. The monoisotopic (exact) mass is 483 g/mol. The second kappa shape index (κ2) is 8.90. The van der Waals surface area contributed by atoms with Crippen LogP contribution in [0.3, 0.4) is 0 Å². The summed E-state index contributed by atoms with van der Waals surface area (Å²) in [4.78, 5) is 12.0. The smallest absolute Gasteiger partial charge is 0.277 e. The Bertz CT molecular complexity index is 1270. The Kier molecular flexibility index (Phi) is 6.06. The predicted octanol–water partition coefficient (Wildman–Crippen LogP) is 5.76. The van der Waals surface area contributed by atoms with Gasteiger partial charge in [-0.25, -0.2) is 5.43 Å². The van der Waals surface area contributed by atoms with Gasteiger partial charge >= 0.3 is 0 Å². The first-order valence-electron chi connectivity index (χ1n) is 9.47. The van der Waals surface area contributed by atoms with E-state index >= 15 is 0 Å². The van der Waals surface area contributed by atoms with Gasteiger partial charge < -0.3 is 9.30 Å². The van der Waals surface area contributed by atoms with Gasteiger partial charge in [0.15, 0.2) is 6.61 Å². The van der Waals surface area contributed by atoms with E-state index in [1.54, 1.807) is 24.4 Å². The molecule has 1 aromatic heterocycles. The van der Waals surface area contributed by atoms with Gasteiger partial charge in [-0.1, -0.05) is 35.9 Å². The van der Waals surface area contributed by atoms with Crippen molar-refractivity contribution < 1.29 is 9.53 Å². The minimum Gasteiger partial charge on any atom is -0.483 e. The number of aromatic nitrogens is 1. The summed E-state index contributed by atoms with van der Waals surface area (Å²) >= 11 is 9.25. The van der Waals surface area contributed by atoms with Crippen LogP contribution in [0.25, 0.3) is 21.8 Å². The first-order valence-corrected chi connectivity index (χ1v) is 10.6. The summed E-state index contributed by atoms with van der Waals surface area (Å²) in [5.41, 5.74) is 5.79. The molecule has 1 amide bonds. The third-order valence-corrected chi connectivity index (χ3v) is 5.62. The standard InChI is InChI=1S/C23H19BrClN3O2/c1-2-28-20-6-4-3-5-17(20)18-11-15(7-9-21(18)28)13-26-27-23(29)14-30-22-10-8-16(25)12-19(22)24/h3-13H,2,14H2,1H3,(H,27,29). The highest BCUT2D eigenvalue weighted by atomic mass is 79.9. The number of benzene rings is 3. The maximum atomic E-state index is 12.0. The molecule has 0 spiro atoms. The van der Waals surface area contributed by atoms with Crippen LogP contribution < -0.4 is 10.2 Å². The molecule has 7 heteroatoms.